The predicted octanol–water partition coefficient (Wildman–Crippen LogP) is 4.78. The van der Waals surface area contributed by atoms with Crippen LogP contribution in [0.2, 0.25) is 0 Å². The van der Waals surface area contributed by atoms with Crippen molar-refractivity contribution in [3.05, 3.63) is 71.8 Å². The Morgan fingerprint density at radius 3 is 2.57 bits per heavy atom. The fraction of sp³-hybridized carbons (Fsp3) is 0.375. The number of amides is 3. The maximum absolute atomic E-state index is 14.7. The highest BCUT2D eigenvalue weighted by atomic mass is 32.1. The van der Waals surface area contributed by atoms with Gasteiger partial charge in [-0.1, -0.05) is 6.07 Å². The number of benzene rings is 1. The van der Waals surface area contributed by atoms with Crippen molar-refractivity contribution in [2.75, 3.05) is 31.5 Å². The Kier molecular flexibility index (Phi) is 8.48. The molecular formula is C32H35FN6O4S. The van der Waals surface area contributed by atoms with E-state index in [1.807, 2.05) is 24.4 Å². The molecule has 4 aromatic rings. The number of aromatic nitrogens is 2. The summed E-state index contributed by atoms with van der Waals surface area (Å²) in [6, 6.07) is 12.2. The van der Waals surface area contributed by atoms with Crippen molar-refractivity contribution in [3.8, 4) is 16.3 Å². The molecule has 0 atom stereocenters. The molecule has 0 unspecified atom stereocenters. The van der Waals surface area contributed by atoms with Crippen LogP contribution in [0.15, 0.2) is 54.9 Å². The van der Waals surface area contributed by atoms with E-state index >= 15 is 0 Å². The highest BCUT2D eigenvalue weighted by Gasteiger charge is 2.31. The van der Waals surface area contributed by atoms with Gasteiger partial charge in [0, 0.05) is 68.5 Å². The molecule has 10 nitrogen and oxygen atoms in total. The van der Waals surface area contributed by atoms with Crippen molar-refractivity contribution < 1.29 is 23.8 Å². The van der Waals surface area contributed by atoms with Gasteiger partial charge in [0.25, 0.3) is 5.91 Å². The summed E-state index contributed by atoms with van der Waals surface area (Å²) >= 11 is 1.56. The topological polar surface area (TPSA) is 120 Å². The van der Waals surface area contributed by atoms with Gasteiger partial charge in [0.05, 0.1) is 20.8 Å². The van der Waals surface area contributed by atoms with E-state index in [0.29, 0.717) is 18.8 Å². The van der Waals surface area contributed by atoms with E-state index < -0.39 is 11.4 Å². The molecule has 4 heterocycles. The van der Waals surface area contributed by atoms with Gasteiger partial charge < -0.3 is 25.4 Å². The number of piperazine rings is 1. The van der Waals surface area contributed by atoms with Crippen LogP contribution in [-0.2, 0) is 17.9 Å². The third-order valence-electron chi connectivity index (χ3n) is 7.65. The molecule has 3 aromatic heterocycles. The smallest absolute Gasteiger partial charge is 0.319 e. The van der Waals surface area contributed by atoms with Crippen LogP contribution < -0.4 is 15.4 Å². The molecule has 0 bridgehead atoms. The highest BCUT2D eigenvalue weighted by Crippen LogP contribution is 2.34. The number of pyridine rings is 2. The molecule has 230 valence electrons. The minimum absolute atomic E-state index is 0.0994. The number of carbonyl (C=O) groups excluding carboxylic acids is 2. The van der Waals surface area contributed by atoms with Crippen molar-refractivity contribution in [2.45, 2.75) is 51.5 Å². The summed E-state index contributed by atoms with van der Waals surface area (Å²) < 4.78 is 21.5. The number of aliphatic hydroxyl groups is 1. The SMILES string of the molecule is CC(C)(O)C(=O)N1CCN(Cc2ccc(-c3cc4nccc(COc5ccc(NC(=O)NC6CC6)cc5F)c4s3)nc2)CC1. The van der Waals surface area contributed by atoms with Gasteiger partial charge in [0.15, 0.2) is 11.6 Å². The fourth-order valence-electron chi connectivity index (χ4n) is 5.08. The van der Waals surface area contributed by atoms with Gasteiger partial charge in [-0.15, -0.1) is 11.3 Å². The van der Waals surface area contributed by atoms with Crippen molar-refractivity contribution in [3.63, 3.8) is 0 Å². The second-order valence-corrected chi connectivity index (χ2v) is 12.8. The molecule has 3 amide bonds. The summed E-state index contributed by atoms with van der Waals surface area (Å²) in [6.45, 7) is 6.58. The maximum atomic E-state index is 14.7. The van der Waals surface area contributed by atoms with Crippen LogP contribution in [0.4, 0.5) is 14.9 Å². The Morgan fingerprint density at radius 1 is 1.09 bits per heavy atom. The highest BCUT2D eigenvalue weighted by molar-refractivity contribution is 7.22. The Balaban J connectivity index is 1.06. The summed E-state index contributed by atoms with van der Waals surface area (Å²) in [7, 11) is 0. The van der Waals surface area contributed by atoms with Crippen LogP contribution in [0.1, 0.15) is 37.8 Å². The van der Waals surface area contributed by atoms with Crippen molar-refractivity contribution in [1.29, 1.82) is 0 Å². The number of rotatable bonds is 9. The summed E-state index contributed by atoms with van der Waals surface area (Å²) in [5, 5.41) is 15.5. The lowest BCUT2D eigenvalue weighted by Crippen LogP contribution is -2.53. The second kappa shape index (κ2) is 12.5. The van der Waals surface area contributed by atoms with Crippen LogP contribution in [0.25, 0.3) is 20.8 Å². The number of nitrogens with one attached hydrogen (secondary N) is 2. The van der Waals surface area contributed by atoms with Gasteiger partial charge in [0.2, 0.25) is 0 Å². The normalized spacial score (nSPS) is 15.8. The monoisotopic (exact) mass is 618 g/mol. The van der Waals surface area contributed by atoms with Gasteiger partial charge in [-0.25, -0.2) is 9.18 Å². The number of hydrogen-bond acceptors (Lipinski definition) is 8. The molecule has 2 fully saturated rings. The first-order valence-corrected chi connectivity index (χ1v) is 15.5. The number of ether oxygens (including phenoxy) is 1. The Bertz CT molecular complexity index is 1660. The first kappa shape index (κ1) is 29.9. The van der Waals surface area contributed by atoms with E-state index in [4.69, 9.17) is 9.72 Å². The number of fused-ring (bicyclic) bond motifs is 1. The van der Waals surface area contributed by atoms with Crippen molar-refractivity contribution in [2.24, 2.45) is 0 Å². The average Bonchev–Trinajstić information content (AvgIpc) is 3.70. The third kappa shape index (κ3) is 7.15. The van der Waals surface area contributed by atoms with Crippen molar-refractivity contribution in [1.82, 2.24) is 25.1 Å². The lowest BCUT2D eigenvalue weighted by molar-refractivity contribution is -0.149. The molecule has 0 spiro atoms. The molecule has 1 aromatic carbocycles. The van der Waals surface area contributed by atoms with E-state index in [1.54, 1.807) is 28.5 Å². The van der Waals surface area contributed by atoms with E-state index in [0.717, 1.165) is 64.4 Å². The van der Waals surface area contributed by atoms with E-state index in [2.05, 4.69) is 26.6 Å². The zero-order chi connectivity index (χ0) is 30.8. The number of nitrogens with zero attached hydrogens (tertiary/aromatic N) is 4. The molecule has 0 radical (unpaired) electrons. The molecular weight excluding hydrogens is 583 g/mol. The molecule has 1 saturated heterocycles. The summed E-state index contributed by atoms with van der Waals surface area (Å²) in [5.74, 6) is -0.692. The third-order valence-corrected chi connectivity index (χ3v) is 8.87. The van der Waals surface area contributed by atoms with Crippen LogP contribution in [0, 0.1) is 5.82 Å². The number of anilines is 1. The van der Waals surface area contributed by atoms with Gasteiger partial charge in [-0.3, -0.25) is 19.7 Å². The molecule has 44 heavy (non-hydrogen) atoms. The molecule has 1 aliphatic carbocycles. The minimum atomic E-state index is -1.35. The van der Waals surface area contributed by atoms with Gasteiger partial charge in [0.1, 0.15) is 12.2 Å². The van der Waals surface area contributed by atoms with Gasteiger partial charge >= 0.3 is 6.03 Å². The fourth-order valence-corrected chi connectivity index (χ4v) is 6.17. The van der Waals surface area contributed by atoms with Crippen LogP contribution in [0.3, 0.4) is 0 Å². The molecule has 12 heteroatoms. The second-order valence-electron chi connectivity index (χ2n) is 11.8. The lowest BCUT2D eigenvalue weighted by Gasteiger charge is -2.37. The van der Waals surface area contributed by atoms with E-state index in [1.165, 1.54) is 26.0 Å². The minimum Gasteiger partial charge on any atom is -0.486 e. The van der Waals surface area contributed by atoms with Crippen LogP contribution in [-0.4, -0.2) is 74.6 Å². The number of urea groups is 1. The zero-order valence-electron chi connectivity index (χ0n) is 24.7. The zero-order valence-corrected chi connectivity index (χ0v) is 25.5. The van der Waals surface area contributed by atoms with E-state index in [9.17, 15) is 19.1 Å². The van der Waals surface area contributed by atoms with Gasteiger partial charge in [-0.05, 0) is 62.6 Å². The predicted molar refractivity (Wildman–Crippen MR) is 167 cm³/mol. The Labute approximate surface area is 258 Å². The average molecular weight is 619 g/mol. The van der Waals surface area contributed by atoms with E-state index in [-0.39, 0.29) is 30.3 Å². The summed E-state index contributed by atoms with van der Waals surface area (Å²) in [4.78, 5) is 38.5. The molecule has 1 saturated carbocycles. The first-order chi connectivity index (χ1) is 21.1. The largest absolute Gasteiger partial charge is 0.486 e. The summed E-state index contributed by atoms with van der Waals surface area (Å²) in [5.41, 5.74) is 2.63. The molecule has 2 aliphatic rings. The summed E-state index contributed by atoms with van der Waals surface area (Å²) in [6.07, 6.45) is 5.54. The maximum Gasteiger partial charge on any atom is 0.319 e. The van der Waals surface area contributed by atoms with Crippen molar-refractivity contribution >= 4 is 39.2 Å². The Hall–Kier alpha value is -4.13. The molecule has 6 rings (SSSR count). The quantitative estimate of drug-likeness (QED) is 0.247. The van der Waals surface area contributed by atoms with Gasteiger partial charge in [-0.2, -0.15) is 0 Å². The first-order valence-electron chi connectivity index (χ1n) is 14.7. The van der Waals surface area contributed by atoms with Crippen LogP contribution >= 0.6 is 11.3 Å². The standard InChI is InChI=1S/C32H35FN6O4S/c1-32(2,42)30(40)39-13-11-38(12-14-39)18-20-3-7-25(35-17-20)28-16-26-29(44-28)21(9-10-34-26)19-43-27-8-6-23(15-24(27)33)37-31(41)36-22-4-5-22/h3,6-10,15-17,22,42H,4-5,11-14,18-19H2,1-2H3,(H2,36,37,41). The Morgan fingerprint density at radius 2 is 1.89 bits per heavy atom. The van der Waals surface area contributed by atoms with Crippen LogP contribution in [0.5, 0.6) is 5.75 Å². The number of thiophene rings is 1. The lowest BCUT2D eigenvalue weighted by atomic mass is 10.1. The molecule has 1 aliphatic heterocycles. The number of hydrogen-bond donors (Lipinski definition) is 3. The number of carbonyl (C=O) groups is 2. The number of halogens is 1. The molecule has 3 N–H and O–H groups in total.